The van der Waals surface area contributed by atoms with Crippen LogP contribution in [0.25, 0.3) is 11.1 Å². The molecule has 2 aromatic carbocycles. The second kappa shape index (κ2) is 13.7. The van der Waals surface area contributed by atoms with Crippen LogP contribution in [-0.4, -0.2) is 72.5 Å². The Balaban J connectivity index is 0.00000353. The predicted octanol–water partition coefficient (Wildman–Crippen LogP) is 6.74. The van der Waals surface area contributed by atoms with Crippen LogP contribution in [0.15, 0.2) is 36.4 Å². The number of amides is 2. The van der Waals surface area contributed by atoms with Gasteiger partial charge >= 0.3 is 0 Å². The molecule has 5 rings (SSSR count). The first-order valence-electron chi connectivity index (χ1n) is 13.9. The molecule has 5 nitrogen and oxygen atoms in total. The summed E-state index contributed by atoms with van der Waals surface area (Å²) in [5.41, 5.74) is 3.20. The van der Waals surface area contributed by atoms with E-state index in [1.807, 2.05) is 51.1 Å². The van der Waals surface area contributed by atoms with E-state index in [2.05, 4.69) is 0 Å². The number of benzene rings is 2. The molecule has 0 radical (unpaired) electrons. The molecule has 2 aliphatic heterocycles. The highest BCUT2D eigenvalue weighted by Crippen LogP contribution is 2.38. The predicted molar refractivity (Wildman–Crippen MR) is 158 cm³/mol. The van der Waals surface area contributed by atoms with E-state index in [9.17, 15) is 14.0 Å². The lowest BCUT2D eigenvalue weighted by atomic mass is 9.79. The third-order valence-electron chi connectivity index (χ3n) is 8.57. The second-order valence-electron chi connectivity index (χ2n) is 10.9. The number of nitrogens with zero attached hydrogens (tertiary/aromatic N) is 3. The standard InChI is InChI=1S/C30H36Cl2FN3O2.ClH/c31-27-18-24(21-6-8-23(9-7-21)29(37)35-16-14-34(13-11-33)15-17-35)19-28(32)26(27)20-36-12-10-25(30(36)38)22-4-2-1-3-5-22;/h6-9,18-19,22,25H,1-5,10-17,20H2;1H/t25-;/m0./s1. The van der Waals surface area contributed by atoms with Crippen LogP contribution >= 0.6 is 35.6 Å². The molecule has 1 aliphatic carbocycles. The van der Waals surface area contributed by atoms with Crippen LogP contribution in [0.2, 0.25) is 10.0 Å². The molecule has 3 aliphatic rings. The average molecular weight is 597 g/mol. The zero-order valence-corrected chi connectivity index (χ0v) is 24.5. The Bertz CT molecular complexity index is 1130. The first-order valence-corrected chi connectivity index (χ1v) is 14.6. The molecule has 9 heteroatoms. The lowest BCUT2D eigenvalue weighted by Crippen LogP contribution is -2.49. The lowest BCUT2D eigenvalue weighted by Gasteiger charge is -2.34. The summed E-state index contributed by atoms with van der Waals surface area (Å²) < 4.78 is 12.6. The van der Waals surface area contributed by atoms with E-state index in [0.29, 0.717) is 60.8 Å². The lowest BCUT2D eigenvalue weighted by molar-refractivity contribution is -0.133. The SMILES string of the molecule is Cl.O=C(c1ccc(-c2cc(Cl)c(CN3CC[C@@H](C4CCCCC4)C3=O)c(Cl)c2)cc1)N1CCN(CCF)CC1. The van der Waals surface area contributed by atoms with Gasteiger partial charge in [0.2, 0.25) is 5.91 Å². The molecule has 212 valence electrons. The van der Waals surface area contributed by atoms with Crippen molar-refractivity contribution in [1.82, 2.24) is 14.7 Å². The fourth-order valence-electron chi connectivity index (χ4n) is 6.29. The van der Waals surface area contributed by atoms with Crippen LogP contribution in [0.4, 0.5) is 4.39 Å². The number of rotatable bonds is 7. The smallest absolute Gasteiger partial charge is 0.253 e. The van der Waals surface area contributed by atoms with Crippen molar-refractivity contribution in [2.24, 2.45) is 11.8 Å². The van der Waals surface area contributed by atoms with Gasteiger partial charge in [0, 0.05) is 72.9 Å². The summed E-state index contributed by atoms with van der Waals surface area (Å²) >= 11 is 13.4. The van der Waals surface area contributed by atoms with Crippen molar-refractivity contribution in [3.05, 3.63) is 57.6 Å². The van der Waals surface area contributed by atoms with Gasteiger partial charge in [-0.25, -0.2) is 4.39 Å². The molecule has 2 heterocycles. The van der Waals surface area contributed by atoms with E-state index in [-0.39, 0.29) is 36.8 Å². The zero-order chi connectivity index (χ0) is 26.6. The molecule has 1 saturated carbocycles. The number of carbonyl (C=O) groups is 2. The van der Waals surface area contributed by atoms with Crippen LogP contribution in [-0.2, 0) is 11.3 Å². The number of carbonyl (C=O) groups excluding carboxylic acids is 2. The summed E-state index contributed by atoms with van der Waals surface area (Å²) in [6.07, 6.45) is 7.03. The third-order valence-corrected chi connectivity index (χ3v) is 9.25. The number of halogens is 4. The maximum Gasteiger partial charge on any atom is 0.253 e. The van der Waals surface area contributed by atoms with Crippen LogP contribution in [0, 0.1) is 11.8 Å². The Morgan fingerprint density at radius 2 is 1.51 bits per heavy atom. The van der Waals surface area contributed by atoms with E-state index in [1.54, 1.807) is 0 Å². The minimum absolute atomic E-state index is 0. The molecule has 39 heavy (non-hydrogen) atoms. The highest BCUT2D eigenvalue weighted by Gasteiger charge is 2.37. The first kappa shape index (κ1) is 30.1. The normalized spacial score (nSPS) is 20.8. The van der Waals surface area contributed by atoms with Gasteiger partial charge in [-0.15, -0.1) is 12.4 Å². The van der Waals surface area contributed by atoms with Gasteiger partial charge in [-0.1, -0.05) is 54.6 Å². The molecule has 2 amide bonds. The Morgan fingerprint density at radius 1 is 0.872 bits per heavy atom. The van der Waals surface area contributed by atoms with Crippen LogP contribution in [0.1, 0.15) is 54.4 Å². The summed E-state index contributed by atoms with van der Waals surface area (Å²) in [4.78, 5) is 31.9. The van der Waals surface area contributed by atoms with Crippen molar-refractivity contribution in [1.29, 1.82) is 0 Å². The molecule has 0 aromatic heterocycles. The fraction of sp³-hybridized carbons (Fsp3) is 0.533. The fourth-order valence-corrected chi connectivity index (χ4v) is 6.89. The number of hydrogen-bond donors (Lipinski definition) is 0. The molecular weight excluding hydrogens is 560 g/mol. The highest BCUT2D eigenvalue weighted by atomic mass is 35.5. The second-order valence-corrected chi connectivity index (χ2v) is 11.7. The van der Waals surface area contributed by atoms with E-state index in [1.165, 1.54) is 32.1 Å². The largest absolute Gasteiger partial charge is 0.338 e. The molecular formula is C30H37Cl3FN3O2. The maximum absolute atomic E-state index is 13.2. The van der Waals surface area contributed by atoms with Gasteiger partial charge in [-0.3, -0.25) is 14.5 Å². The topological polar surface area (TPSA) is 43.9 Å². The van der Waals surface area contributed by atoms with Crippen molar-refractivity contribution in [3.63, 3.8) is 0 Å². The molecule has 0 spiro atoms. The maximum atomic E-state index is 13.2. The van der Waals surface area contributed by atoms with Gasteiger partial charge in [-0.05, 0) is 60.6 Å². The van der Waals surface area contributed by atoms with Gasteiger partial charge in [0.15, 0.2) is 0 Å². The van der Waals surface area contributed by atoms with Crippen molar-refractivity contribution in [3.8, 4) is 11.1 Å². The van der Waals surface area contributed by atoms with Crippen molar-refractivity contribution in [2.75, 3.05) is 45.9 Å². The highest BCUT2D eigenvalue weighted by molar-refractivity contribution is 6.36. The molecule has 1 atom stereocenters. The summed E-state index contributed by atoms with van der Waals surface area (Å²) in [5.74, 6) is 0.907. The molecule has 0 unspecified atom stereocenters. The Labute approximate surface area is 247 Å². The monoisotopic (exact) mass is 595 g/mol. The zero-order valence-electron chi connectivity index (χ0n) is 22.2. The van der Waals surface area contributed by atoms with Gasteiger partial charge in [-0.2, -0.15) is 0 Å². The van der Waals surface area contributed by atoms with Crippen LogP contribution < -0.4 is 0 Å². The quantitative estimate of drug-likeness (QED) is 0.356. The van der Waals surface area contributed by atoms with Crippen LogP contribution in [0.3, 0.4) is 0 Å². The summed E-state index contributed by atoms with van der Waals surface area (Å²) in [5, 5.41) is 1.10. The van der Waals surface area contributed by atoms with Gasteiger partial charge < -0.3 is 9.80 Å². The molecule has 2 saturated heterocycles. The summed E-state index contributed by atoms with van der Waals surface area (Å²) in [7, 11) is 0. The average Bonchev–Trinajstić information content (AvgIpc) is 3.31. The first-order chi connectivity index (χ1) is 18.4. The number of piperazine rings is 1. The van der Waals surface area contributed by atoms with Crippen molar-refractivity contribution >= 4 is 47.4 Å². The number of hydrogen-bond acceptors (Lipinski definition) is 3. The Kier molecular flexibility index (Phi) is 10.6. The van der Waals surface area contributed by atoms with Crippen LogP contribution in [0.5, 0.6) is 0 Å². The van der Waals surface area contributed by atoms with Gasteiger partial charge in [0.1, 0.15) is 6.67 Å². The Morgan fingerprint density at radius 3 is 2.13 bits per heavy atom. The molecule has 0 N–H and O–H groups in total. The van der Waals surface area contributed by atoms with E-state index < -0.39 is 0 Å². The minimum atomic E-state index is -0.359. The van der Waals surface area contributed by atoms with E-state index >= 15 is 0 Å². The van der Waals surface area contributed by atoms with Crippen molar-refractivity contribution in [2.45, 2.75) is 45.1 Å². The molecule has 2 aromatic rings. The summed E-state index contributed by atoms with van der Waals surface area (Å²) in [6, 6.07) is 11.3. The molecule has 3 fully saturated rings. The third kappa shape index (κ3) is 6.90. The van der Waals surface area contributed by atoms with E-state index in [4.69, 9.17) is 23.2 Å². The van der Waals surface area contributed by atoms with E-state index in [0.717, 1.165) is 29.7 Å². The number of alkyl halides is 1. The Hall–Kier alpha value is -1.86. The number of likely N-dealkylation sites (tertiary alicyclic amines) is 1. The summed E-state index contributed by atoms with van der Waals surface area (Å²) in [6.45, 7) is 3.86. The van der Waals surface area contributed by atoms with Gasteiger partial charge in [0.25, 0.3) is 5.91 Å². The van der Waals surface area contributed by atoms with Crippen molar-refractivity contribution < 1.29 is 14.0 Å². The minimum Gasteiger partial charge on any atom is -0.338 e. The molecule has 0 bridgehead atoms. The van der Waals surface area contributed by atoms with Gasteiger partial charge in [0.05, 0.1) is 0 Å².